The SMILES string of the molecule is NCC(NCC1CCCO1)c1cc(Cl)ccc1Br. The van der Waals surface area contributed by atoms with Crippen molar-refractivity contribution in [2.75, 3.05) is 19.7 Å². The van der Waals surface area contributed by atoms with E-state index in [9.17, 15) is 0 Å². The Kier molecular flexibility index (Phi) is 5.45. The van der Waals surface area contributed by atoms with Crippen LogP contribution in [0.2, 0.25) is 5.02 Å². The largest absolute Gasteiger partial charge is 0.377 e. The number of benzene rings is 1. The zero-order chi connectivity index (χ0) is 13.0. The van der Waals surface area contributed by atoms with Crippen LogP contribution in [0.3, 0.4) is 0 Å². The first-order valence-electron chi connectivity index (χ1n) is 6.20. The lowest BCUT2D eigenvalue weighted by molar-refractivity contribution is 0.107. The molecule has 1 aliphatic heterocycles. The molecule has 2 atom stereocenters. The van der Waals surface area contributed by atoms with Gasteiger partial charge in [0.2, 0.25) is 0 Å². The number of rotatable bonds is 5. The summed E-state index contributed by atoms with van der Waals surface area (Å²) in [5.41, 5.74) is 6.94. The van der Waals surface area contributed by atoms with E-state index in [1.165, 1.54) is 0 Å². The second-order valence-electron chi connectivity index (χ2n) is 4.50. The highest BCUT2D eigenvalue weighted by Crippen LogP contribution is 2.26. The maximum absolute atomic E-state index is 6.03. The highest BCUT2D eigenvalue weighted by Gasteiger charge is 2.18. The molecule has 1 aromatic carbocycles. The average molecular weight is 334 g/mol. The Morgan fingerprint density at radius 2 is 2.39 bits per heavy atom. The summed E-state index contributed by atoms with van der Waals surface area (Å²) < 4.78 is 6.63. The van der Waals surface area contributed by atoms with Gasteiger partial charge in [0.1, 0.15) is 0 Å². The monoisotopic (exact) mass is 332 g/mol. The van der Waals surface area contributed by atoms with E-state index >= 15 is 0 Å². The van der Waals surface area contributed by atoms with Crippen molar-refractivity contribution in [3.63, 3.8) is 0 Å². The lowest BCUT2D eigenvalue weighted by Crippen LogP contribution is -2.34. The number of hydrogen-bond acceptors (Lipinski definition) is 3. The van der Waals surface area contributed by atoms with Gasteiger partial charge in [-0.15, -0.1) is 0 Å². The Bertz CT molecular complexity index is 397. The molecule has 3 nitrogen and oxygen atoms in total. The Morgan fingerprint density at radius 3 is 3.06 bits per heavy atom. The molecule has 0 aromatic heterocycles. The molecule has 1 saturated heterocycles. The van der Waals surface area contributed by atoms with Gasteiger partial charge in [0.15, 0.2) is 0 Å². The summed E-state index contributed by atoms with van der Waals surface area (Å²) in [5.74, 6) is 0. The summed E-state index contributed by atoms with van der Waals surface area (Å²) in [7, 11) is 0. The standard InChI is InChI=1S/C13H18BrClN2O/c14-12-4-3-9(15)6-11(12)13(7-16)17-8-10-2-1-5-18-10/h3-4,6,10,13,17H,1-2,5,7-8,16H2. The summed E-state index contributed by atoms with van der Waals surface area (Å²) in [6.07, 6.45) is 2.60. The molecular weight excluding hydrogens is 316 g/mol. The molecule has 0 bridgehead atoms. The first-order valence-corrected chi connectivity index (χ1v) is 7.38. The van der Waals surface area contributed by atoms with Crippen LogP contribution in [0.4, 0.5) is 0 Å². The molecule has 1 aliphatic rings. The van der Waals surface area contributed by atoms with Crippen molar-refractivity contribution in [3.8, 4) is 0 Å². The number of halogens is 2. The van der Waals surface area contributed by atoms with Gasteiger partial charge in [-0.2, -0.15) is 0 Å². The molecule has 1 fully saturated rings. The molecule has 2 rings (SSSR count). The molecule has 0 spiro atoms. The van der Waals surface area contributed by atoms with Crippen molar-refractivity contribution < 1.29 is 4.74 Å². The minimum Gasteiger partial charge on any atom is -0.377 e. The van der Waals surface area contributed by atoms with Gasteiger partial charge in [-0.05, 0) is 36.6 Å². The Balaban J connectivity index is 2.00. The number of nitrogens with one attached hydrogen (secondary N) is 1. The van der Waals surface area contributed by atoms with Crippen LogP contribution in [0.25, 0.3) is 0 Å². The molecule has 2 unspecified atom stereocenters. The summed E-state index contributed by atoms with van der Waals surface area (Å²) >= 11 is 9.57. The quantitative estimate of drug-likeness (QED) is 0.871. The summed E-state index contributed by atoms with van der Waals surface area (Å²) in [4.78, 5) is 0. The second-order valence-corrected chi connectivity index (χ2v) is 5.79. The Morgan fingerprint density at radius 1 is 1.56 bits per heavy atom. The third-order valence-corrected chi connectivity index (χ3v) is 4.14. The van der Waals surface area contributed by atoms with Crippen molar-refractivity contribution in [1.29, 1.82) is 0 Å². The molecule has 0 saturated carbocycles. The van der Waals surface area contributed by atoms with Crippen molar-refractivity contribution in [2.45, 2.75) is 25.0 Å². The van der Waals surface area contributed by atoms with Gasteiger partial charge >= 0.3 is 0 Å². The molecule has 0 aliphatic carbocycles. The Labute approximate surface area is 121 Å². The van der Waals surface area contributed by atoms with Crippen LogP contribution in [0.15, 0.2) is 22.7 Å². The van der Waals surface area contributed by atoms with Crippen LogP contribution in [-0.4, -0.2) is 25.8 Å². The number of hydrogen-bond donors (Lipinski definition) is 2. The van der Waals surface area contributed by atoms with Crippen molar-refractivity contribution in [3.05, 3.63) is 33.3 Å². The third kappa shape index (κ3) is 3.68. The molecule has 18 heavy (non-hydrogen) atoms. The van der Waals surface area contributed by atoms with Crippen LogP contribution in [0.5, 0.6) is 0 Å². The first kappa shape index (κ1) is 14.3. The van der Waals surface area contributed by atoms with Crippen LogP contribution in [0, 0.1) is 0 Å². The second kappa shape index (κ2) is 6.87. The van der Waals surface area contributed by atoms with Gasteiger partial charge in [0.05, 0.1) is 6.10 Å². The molecule has 1 heterocycles. The first-order chi connectivity index (χ1) is 8.70. The molecule has 1 aromatic rings. The fourth-order valence-electron chi connectivity index (χ4n) is 2.18. The van der Waals surface area contributed by atoms with Gasteiger partial charge in [-0.1, -0.05) is 27.5 Å². The van der Waals surface area contributed by atoms with Gasteiger partial charge in [0.25, 0.3) is 0 Å². The van der Waals surface area contributed by atoms with Crippen molar-refractivity contribution in [2.24, 2.45) is 5.73 Å². The number of nitrogens with two attached hydrogens (primary N) is 1. The third-order valence-electron chi connectivity index (χ3n) is 3.19. The van der Waals surface area contributed by atoms with E-state index in [2.05, 4.69) is 21.2 Å². The molecule has 100 valence electrons. The van der Waals surface area contributed by atoms with Gasteiger partial charge in [-0.3, -0.25) is 0 Å². The van der Waals surface area contributed by atoms with Crippen molar-refractivity contribution in [1.82, 2.24) is 5.32 Å². The van der Waals surface area contributed by atoms with Gasteiger partial charge in [0, 0.05) is 35.2 Å². The van der Waals surface area contributed by atoms with Crippen LogP contribution in [0.1, 0.15) is 24.4 Å². The lowest BCUT2D eigenvalue weighted by Gasteiger charge is -2.21. The van der Waals surface area contributed by atoms with Gasteiger partial charge in [-0.25, -0.2) is 0 Å². The van der Waals surface area contributed by atoms with E-state index in [0.29, 0.717) is 12.6 Å². The lowest BCUT2D eigenvalue weighted by atomic mass is 10.1. The minimum atomic E-state index is 0.0993. The molecule has 0 amide bonds. The zero-order valence-electron chi connectivity index (χ0n) is 10.2. The molecule has 0 radical (unpaired) electrons. The van der Waals surface area contributed by atoms with E-state index in [0.717, 1.165) is 41.1 Å². The van der Waals surface area contributed by atoms with E-state index in [-0.39, 0.29) is 6.04 Å². The van der Waals surface area contributed by atoms with Crippen LogP contribution in [-0.2, 0) is 4.74 Å². The van der Waals surface area contributed by atoms with E-state index in [1.807, 2.05) is 18.2 Å². The van der Waals surface area contributed by atoms with E-state index in [4.69, 9.17) is 22.1 Å². The van der Waals surface area contributed by atoms with E-state index < -0.39 is 0 Å². The molecule has 3 N–H and O–H groups in total. The zero-order valence-corrected chi connectivity index (χ0v) is 12.5. The molecular formula is C13H18BrClN2O. The summed E-state index contributed by atoms with van der Waals surface area (Å²) in [6, 6.07) is 5.87. The fraction of sp³-hybridized carbons (Fsp3) is 0.538. The maximum atomic E-state index is 6.03. The molecule has 5 heteroatoms. The van der Waals surface area contributed by atoms with Gasteiger partial charge < -0.3 is 15.8 Å². The van der Waals surface area contributed by atoms with E-state index in [1.54, 1.807) is 0 Å². The van der Waals surface area contributed by atoms with Crippen LogP contribution >= 0.6 is 27.5 Å². The minimum absolute atomic E-state index is 0.0993. The smallest absolute Gasteiger partial charge is 0.0700 e. The number of ether oxygens (including phenoxy) is 1. The average Bonchev–Trinajstić information content (AvgIpc) is 2.87. The summed E-state index contributed by atoms with van der Waals surface area (Å²) in [6.45, 7) is 2.24. The Hall–Kier alpha value is -0.130. The normalized spacial score (nSPS) is 21.2. The van der Waals surface area contributed by atoms with Crippen molar-refractivity contribution >= 4 is 27.5 Å². The fourth-order valence-corrected chi connectivity index (χ4v) is 2.88. The summed E-state index contributed by atoms with van der Waals surface area (Å²) in [5, 5.41) is 4.18. The highest BCUT2D eigenvalue weighted by atomic mass is 79.9. The highest BCUT2D eigenvalue weighted by molar-refractivity contribution is 9.10. The predicted molar refractivity (Wildman–Crippen MR) is 77.9 cm³/mol. The maximum Gasteiger partial charge on any atom is 0.0700 e. The van der Waals surface area contributed by atoms with Crippen LogP contribution < -0.4 is 11.1 Å². The topological polar surface area (TPSA) is 47.3 Å². The predicted octanol–water partition coefficient (Wildman–Crippen LogP) is 2.87.